The Morgan fingerprint density at radius 2 is 2.03 bits per heavy atom. The molecule has 190 valence electrons. The van der Waals surface area contributed by atoms with Crippen molar-refractivity contribution in [3.05, 3.63) is 30.1 Å². The molecule has 35 heavy (non-hydrogen) atoms. The largest absolute Gasteiger partial charge is 0.493 e. The fourth-order valence-corrected chi connectivity index (χ4v) is 3.99. The Balaban J connectivity index is 0.00000167. The van der Waals surface area contributed by atoms with E-state index in [1.165, 1.54) is 6.33 Å². The van der Waals surface area contributed by atoms with Crippen molar-refractivity contribution < 1.29 is 24.4 Å². The van der Waals surface area contributed by atoms with E-state index in [2.05, 4.69) is 25.5 Å². The number of aliphatic hydroxyl groups is 2. The topological polar surface area (TPSA) is 162 Å². The number of aliphatic hydroxyl groups excluding tert-OH is 2. The van der Waals surface area contributed by atoms with Crippen molar-refractivity contribution in [2.45, 2.75) is 45.6 Å². The number of hydrogen-bond acceptors (Lipinski definition) is 11. The van der Waals surface area contributed by atoms with Gasteiger partial charge in [-0.2, -0.15) is 5.10 Å². The number of aromatic nitrogens is 4. The Labute approximate surface area is 203 Å². The molecule has 4 atom stereocenters. The van der Waals surface area contributed by atoms with Crippen molar-refractivity contribution in [1.29, 1.82) is 0 Å². The first-order chi connectivity index (χ1) is 17.0. The average Bonchev–Trinajstić information content (AvgIpc) is 3.38. The Kier molecular flexibility index (Phi) is 8.79. The first-order valence-electron chi connectivity index (χ1n) is 11.3. The van der Waals surface area contributed by atoms with Gasteiger partial charge in [0, 0.05) is 13.0 Å². The van der Waals surface area contributed by atoms with Crippen LogP contribution in [0.4, 0.5) is 11.8 Å². The predicted molar refractivity (Wildman–Crippen MR) is 133 cm³/mol. The zero-order chi connectivity index (χ0) is 25.5. The quantitative estimate of drug-likeness (QED) is 0.274. The SMILES string of the molecule is CCOc1ccc(/C=N/Nc2nc3c(N)ncnc3n2C2OC(CC)C(C)C2O)cc1OC.CO. The van der Waals surface area contributed by atoms with Crippen LogP contribution in [0.25, 0.3) is 11.2 Å². The third-order valence-electron chi connectivity index (χ3n) is 5.76. The molecule has 2 aromatic heterocycles. The predicted octanol–water partition coefficient (Wildman–Crippen LogP) is 2.17. The van der Waals surface area contributed by atoms with Gasteiger partial charge in [0.1, 0.15) is 12.4 Å². The van der Waals surface area contributed by atoms with E-state index in [1.54, 1.807) is 17.9 Å². The van der Waals surface area contributed by atoms with Crippen molar-refractivity contribution in [3.8, 4) is 11.5 Å². The van der Waals surface area contributed by atoms with Gasteiger partial charge in [-0.15, -0.1) is 0 Å². The average molecular weight is 488 g/mol. The highest BCUT2D eigenvalue weighted by atomic mass is 16.5. The van der Waals surface area contributed by atoms with Crippen molar-refractivity contribution in [3.63, 3.8) is 0 Å². The molecule has 4 unspecified atom stereocenters. The molecular formula is C23H33N7O5. The second-order valence-electron chi connectivity index (χ2n) is 7.77. The number of ether oxygens (including phenoxy) is 3. The van der Waals surface area contributed by atoms with Crippen molar-refractivity contribution >= 4 is 29.1 Å². The Morgan fingerprint density at radius 1 is 1.26 bits per heavy atom. The lowest BCUT2D eigenvalue weighted by Gasteiger charge is -2.19. The monoisotopic (exact) mass is 487 g/mol. The summed E-state index contributed by atoms with van der Waals surface area (Å²) in [5.41, 5.74) is 10.6. The van der Waals surface area contributed by atoms with E-state index in [9.17, 15) is 5.11 Å². The minimum absolute atomic E-state index is 0.0516. The van der Waals surface area contributed by atoms with Gasteiger partial charge in [-0.3, -0.25) is 4.57 Å². The third-order valence-corrected chi connectivity index (χ3v) is 5.76. The maximum absolute atomic E-state index is 10.9. The first-order valence-corrected chi connectivity index (χ1v) is 11.3. The van der Waals surface area contributed by atoms with Crippen LogP contribution in [0.1, 0.15) is 39.0 Å². The molecule has 5 N–H and O–H groups in total. The minimum Gasteiger partial charge on any atom is -0.493 e. The molecule has 1 fully saturated rings. The fourth-order valence-electron chi connectivity index (χ4n) is 3.99. The number of nitrogen functional groups attached to an aromatic ring is 1. The van der Waals surface area contributed by atoms with Gasteiger partial charge in [-0.1, -0.05) is 13.8 Å². The molecule has 0 aliphatic carbocycles. The summed E-state index contributed by atoms with van der Waals surface area (Å²) in [5, 5.41) is 22.2. The molecule has 0 radical (unpaired) electrons. The second-order valence-corrected chi connectivity index (χ2v) is 7.77. The van der Waals surface area contributed by atoms with Crippen LogP contribution in [0.5, 0.6) is 11.5 Å². The number of hydrazone groups is 1. The Hall–Kier alpha value is -3.48. The number of nitrogens with zero attached hydrogens (tertiary/aromatic N) is 5. The van der Waals surface area contributed by atoms with Crippen LogP contribution in [-0.2, 0) is 4.74 Å². The molecule has 1 aliphatic heterocycles. The van der Waals surface area contributed by atoms with Crippen molar-refractivity contribution in [2.75, 3.05) is 32.0 Å². The highest BCUT2D eigenvalue weighted by Crippen LogP contribution is 2.39. The zero-order valence-corrected chi connectivity index (χ0v) is 20.5. The maximum Gasteiger partial charge on any atom is 0.228 e. The van der Waals surface area contributed by atoms with Gasteiger partial charge in [0.2, 0.25) is 5.95 Å². The summed E-state index contributed by atoms with van der Waals surface area (Å²) >= 11 is 0. The summed E-state index contributed by atoms with van der Waals surface area (Å²) in [4.78, 5) is 12.9. The standard InChI is InChI=1S/C22H29N7O4.CH4O/c1-5-14-12(3)18(30)21(33-14)29-20-17(19(23)24-11-25-20)27-22(29)28-26-10-13-7-8-15(32-6-2)16(9-13)31-4;1-2/h7-12,14,18,21,30H,5-6H2,1-4H3,(H,27,28)(H2,23,24,25);2H,1H3/b26-10+;. The number of nitrogens with one attached hydrogen (secondary N) is 1. The summed E-state index contributed by atoms with van der Waals surface area (Å²) < 4.78 is 18.8. The third kappa shape index (κ3) is 5.29. The van der Waals surface area contributed by atoms with E-state index in [4.69, 9.17) is 25.1 Å². The summed E-state index contributed by atoms with van der Waals surface area (Å²) in [6.07, 6.45) is 2.24. The molecule has 12 heteroatoms. The van der Waals surface area contributed by atoms with Gasteiger partial charge >= 0.3 is 0 Å². The van der Waals surface area contributed by atoms with E-state index in [1.807, 2.05) is 39.0 Å². The fraction of sp³-hybridized carbons (Fsp3) is 0.478. The minimum atomic E-state index is -0.747. The lowest BCUT2D eigenvalue weighted by Crippen LogP contribution is -2.25. The zero-order valence-electron chi connectivity index (χ0n) is 20.5. The lowest BCUT2D eigenvalue weighted by molar-refractivity contribution is -0.0343. The van der Waals surface area contributed by atoms with Crippen LogP contribution < -0.4 is 20.6 Å². The number of methoxy groups -OCH3 is 1. The van der Waals surface area contributed by atoms with Gasteiger partial charge in [-0.25, -0.2) is 20.4 Å². The van der Waals surface area contributed by atoms with Crippen molar-refractivity contribution in [1.82, 2.24) is 19.5 Å². The van der Waals surface area contributed by atoms with Crippen LogP contribution in [0.15, 0.2) is 29.6 Å². The molecule has 1 aliphatic rings. The molecular weight excluding hydrogens is 454 g/mol. The van der Waals surface area contributed by atoms with E-state index >= 15 is 0 Å². The number of hydrogen-bond donors (Lipinski definition) is 4. The van der Waals surface area contributed by atoms with Crippen LogP contribution in [-0.4, -0.2) is 69.0 Å². The van der Waals surface area contributed by atoms with E-state index < -0.39 is 12.3 Å². The normalized spacial score (nSPS) is 21.7. The van der Waals surface area contributed by atoms with Crippen LogP contribution in [0.3, 0.4) is 0 Å². The summed E-state index contributed by atoms with van der Waals surface area (Å²) in [5.74, 6) is 1.78. The highest BCUT2D eigenvalue weighted by molar-refractivity contribution is 5.85. The number of benzene rings is 1. The van der Waals surface area contributed by atoms with Gasteiger partial charge in [-0.05, 0) is 37.1 Å². The maximum atomic E-state index is 10.9. The smallest absolute Gasteiger partial charge is 0.228 e. The molecule has 12 nitrogen and oxygen atoms in total. The van der Waals surface area contributed by atoms with Crippen LogP contribution >= 0.6 is 0 Å². The molecule has 0 bridgehead atoms. The second kappa shape index (κ2) is 11.8. The number of fused-ring (bicyclic) bond motifs is 1. The Bertz CT molecular complexity index is 1150. The molecule has 0 amide bonds. The summed E-state index contributed by atoms with van der Waals surface area (Å²) in [6.45, 7) is 6.44. The number of rotatable bonds is 8. The lowest BCUT2D eigenvalue weighted by atomic mass is 9.99. The molecule has 1 aromatic carbocycles. The van der Waals surface area contributed by atoms with Gasteiger partial charge in [0.25, 0.3) is 0 Å². The summed E-state index contributed by atoms with van der Waals surface area (Å²) in [7, 11) is 2.59. The van der Waals surface area contributed by atoms with E-state index in [-0.39, 0.29) is 17.8 Å². The molecule has 0 spiro atoms. The Morgan fingerprint density at radius 3 is 2.69 bits per heavy atom. The molecule has 4 rings (SSSR count). The van der Waals surface area contributed by atoms with Crippen LogP contribution in [0, 0.1) is 5.92 Å². The summed E-state index contributed by atoms with van der Waals surface area (Å²) in [6, 6.07) is 5.51. The van der Waals surface area contributed by atoms with Gasteiger partial charge < -0.3 is 30.2 Å². The number of imidazole rings is 1. The van der Waals surface area contributed by atoms with Gasteiger partial charge in [0.05, 0.1) is 26.0 Å². The molecule has 1 saturated heterocycles. The molecule has 0 saturated carbocycles. The van der Waals surface area contributed by atoms with Crippen LogP contribution in [0.2, 0.25) is 0 Å². The highest BCUT2D eigenvalue weighted by Gasteiger charge is 2.42. The molecule has 3 aromatic rings. The first kappa shape index (κ1) is 26.1. The molecule has 3 heterocycles. The van der Waals surface area contributed by atoms with E-state index in [0.29, 0.717) is 35.2 Å². The number of nitrogens with two attached hydrogens (primary N) is 1. The van der Waals surface area contributed by atoms with Crippen molar-refractivity contribution in [2.24, 2.45) is 11.0 Å². The number of anilines is 2. The van der Waals surface area contributed by atoms with E-state index in [0.717, 1.165) is 19.1 Å². The van der Waals surface area contributed by atoms with Gasteiger partial charge in [0.15, 0.2) is 34.7 Å².